The van der Waals surface area contributed by atoms with Crippen LogP contribution in [0, 0.1) is 6.92 Å². The van der Waals surface area contributed by atoms with Gasteiger partial charge in [-0.2, -0.15) is 0 Å². The van der Waals surface area contributed by atoms with E-state index < -0.39 is 0 Å². The van der Waals surface area contributed by atoms with Crippen LogP contribution in [0.2, 0.25) is 0 Å². The lowest BCUT2D eigenvalue weighted by Gasteiger charge is -2.24. The van der Waals surface area contributed by atoms with Gasteiger partial charge >= 0.3 is 0 Å². The fraction of sp³-hybridized carbons (Fsp3) is 0.636. The maximum Gasteiger partial charge on any atom is 0.0247 e. The zero-order valence-electron chi connectivity index (χ0n) is 9.26. The van der Waals surface area contributed by atoms with Crippen molar-refractivity contribution in [2.24, 2.45) is 5.73 Å². The monoisotopic (exact) mass is 212 g/mol. The summed E-state index contributed by atoms with van der Waals surface area (Å²) < 4.78 is 0. The van der Waals surface area contributed by atoms with Crippen molar-refractivity contribution in [3.63, 3.8) is 0 Å². The van der Waals surface area contributed by atoms with Gasteiger partial charge in [0, 0.05) is 23.5 Å². The first-order valence-electron chi connectivity index (χ1n) is 5.03. The second kappa shape index (κ2) is 4.91. The minimum absolute atomic E-state index is 0.0607. The summed E-state index contributed by atoms with van der Waals surface area (Å²) in [5.41, 5.74) is 7.10. The summed E-state index contributed by atoms with van der Waals surface area (Å²) in [5, 5.41) is 5.61. The van der Waals surface area contributed by atoms with Crippen LogP contribution in [0.1, 0.15) is 24.3 Å². The predicted octanol–water partition coefficient (Wildman–Crippen LogP) is 1.93. The fourth-order valence-electron chi connectivity index (χ4n) is 1.25. The topological polar surface area (TPSA) is 38.0 Å². The molecule has 14 heavy (non-hydrogen) atoms. The summed E-state index contributed by atoms with van der Waals surface area (Å²) in [6.07, 6.45) is 1.10. The third-order valence-corrected chi connectivity index (χ3v) is 3.52. The number of hydrogen-bond donors (Lipinski definition) is 2. The number of nitrogens with one attached hydrogen (secondary N) is 1. The molecule has 0 aliphatic rings. The molecule has 3 heteroatoms. The summed E-state index contributed by atoms with van der Waals surface area (Å²) in [7, 11) is 0. The highest BCUT2D eigenvalue weighted by Gasteiger charge is 2.13. The Morgan fingerprint density at radius 1 is 1.50 bits per heavy atom. The number of hydrogen-bond acceptors (Lipinski definition) is 3. The molecule has 0 atom stereocenters. The maximum absolute atomic E-state index is 5.64. The van der Waals surface area contributed by atoms with Crippen LogP contribution in [0.15, 0.2) is 11.4 Å². The molecule has 80 valence electrons. The number of nitrogens with two attached hydrogens (primary N) is 1. The molecule has 0 aromatic carbocycles. The van der Waals surface area contributed by atoms with Crippen LogP contribution in [0.4, 0.5) is 0 Å². The first-order valence-corrected chi connectivity index (χ1v) is 5.91. The summed E-state index contributed by atoms with van der Waals surface area (Å²) >= 11 is 1.84. The molecule has 1 heterocycles. The van der Waals surface area contributed by atoms with Crippen molar-refractivity contribution in [2.45, 2.75) is 32.7 Å². The van der Waals surface area contributed by atoms with Gasteiger partial charge in [0.15, 0.2) is 0 Å². The van der Waals surface area contributed by atoms with E-state index in [9.17, 15) is 0 Å². The minimum Gasteiger partial charge on any atom is -0.329 e. The van der Waals surface area contributed by atoms with Gasteiger partial charge in [0.25, 0.3) is 0 Å². The Morgan fingerprint density at radius 3 is 2.71 bits per heavy atom. The van der Waals surface area contributed by atoms with Crippen LogP contribution >= 0.6 is 11.3 Å². The fourth-order valence-corrected chi connectivity index (χ4v) is 2.16. The quantitative estimate of drug-likeness (QED) is 0.782. The molecule has 2 nitrogen and oxygen atoms in total. The molecule has 1 rings (SSSR count). The third-order valence-electron chi connectivity index (χ3n) is 2.43. The second-order valence-electron chi connectivity index (χ2n) is 4.29. The lowest BCUT2D eigenvalue weighted by molar-refractivity contribution is 0.402. The molecule has 0 amide bonds. The molecule has 0 aliphatic heterocycles. The second-order valence-corrected chi connectivity index (χ2v) is 5.29. The van der Waals surface area contributed by atoms with Crippen molar-refractivity contribution in [3.05, 3.63) is 21.9 Å². The smallest absolute Gasteiger partial charge is 0.0247 e. The van der Waals surface area contributed by atoms with Crippen LogP contribution in [-0.4, -0.2) is 18.6 Å². The van der Waals surface area contributed by atoms with Gasteiger partial charge in [-0.15, -0.1) is 11.3 Å². The summed E-state index contributed by atoms with van der Waals surface area (Å²) in [6.45, 7) is 8.12. The molecule has 0 spiro atoms. The predicted molar refractivity (Wildman–Crippen MR) is 63.9 cm³/mol. The molecule has 1 aromatic heterocycles. The number of aryl methyl sites for hydroxylation is 1. The molecular weight excluding hydrogens is 192 g/mol. The van der Waals surface area contributed by atoms with Gasteiger partial charge in [-0.05, 0) is 44.2 Å². The van der Waals surface area contributed by atoms with Crippen LogP contribution in [-0.2, 0) is 6.42 Å². The van der Waals surface area contributed by atoms with Gasteiger partial charge in [-0.3, -0.25) is 0 Å². The Hall–Kier alpha value is -0.380. The van der Waals surface area contributed by atoms with Crippen LogP contribution in [0.25, 0.3) is 0 Å². The highest BCUT2D eigenvalue weighted by molar-refractivity contribution is 7.10. The van der Waals surface area contributed by atoms with E-state index in [4.69, 9.17) is 5.73 Å². The highest BCUT2D eigenvalue weighted by atomic mass is 32.1. The molecule has 0 radical (unpaired) electrons. The van der Waals surface area contributed by atoms with Crippen molar-refractivity contribution in [3.8, 4) is 0 Å². The Labute approximate surface area is 90.5 Å². The van der Waals surface area contributed by atoms with Gasteiger partial charge in [-0.1, -0.05) is 0 Å². The number of rotatable bonds is 5. The molecule has 0 bridgehead atoms. The highest BCUT2D eigenvalue weighted by Crippen LogP contribution is 2.15. The van der Waals surface area contributed by atoms with E-state index in [2.05, 4.69) is 37.5 Å². The SMILES string of the molecule is Cc1ccsc1CCNC(C)(C)CN. The molecular formula is C11H20N2S. The minimum atomic E-state index is 0.0607. The van der Waals surface area contributed by atoms with Crippen LogP contribution in [0.5, 0.6) is 0 Å². The van der Waals surface area contributed by atoms with E-state index >= 15 is 0 Å². The average Bonchev–Trinajstić information content (AvgIpc) is 2.52. The molecule has 0 aliphatic carbocycles. The van der Waals surface area contributed by atoms with Crippen molar-refractivity contribution in [1.82, 2.24) is 5.32 Å². The van der Waals surface area contributed by atoms with E-state index in [0.29, 0.717) is 6.54 Å². The van der Waals surface area contributed by atoms with E-state index in [-0.39, 0.29) is 5.54 Å². The first-order chi connectivity index (χ1) is 6.55. The van der Waals surface area contributed by atoms with Gasteiger partial charge in [0.05, 0.1) is 0 Å². The summed E-state index contributed by atoms with van der Waals surface area (Å²) in [5.74, 6) is 0. The van der Waals surface area contributed by atoms with E-state index in [1.54, 1.807) is 0 Å². The lowest BCUT2D eigenvalue weighted by atomic mass is 10.1. The van der Waals surface area contributed by atoms with Gasteiger partial charge in [0.1, 0.15) is 0 Å². The Bertz CT molecular complexity index is 279. The largest absolute Gasteiger partial charge is 0.329 e. The zero-order chi connectivity index (χ0) is 10.6. The standard InChI is InChI=1S/C11H20N2S/c1-9-5-7-14-10(9)4-6-13-11(2,3)8-12/h5,7,13H,4,6,8,12H2,1-3H3. The molecule has 0 fully saturated rings. The maximum atomic E-state index is 5.64. The van der Waals surface area contributed by atoms with Gasteiger partial charge < -0.3 is 11.1 Å². The molecule has 0 unspecified atom stereocenters. The molecule has 1 aromatic rings. The van der Waals surface area contributed by atoms with Gasteiger partial charge in [-0.25, -0.2) is 0 Å². The molecule has 0 saturated heterocycles. The van der Waals surface area contributed by atoms with Crippen molar-refractivity contribution >= 4 is 11.3 Å². The van der Waals surface area contributed by atoms with Crippen molar-refractivity contribution < 1.29 is 0 Å². The van der Waals surface area contributed by atoms with E-state index in [1.165, 1.54) is 10.4 Å². The average molecular weight is 212 g/mol. The third kappa shape index (κ3) is 3.40. The Kier molecular flexibility index (Phi) is 4.11. The summed E-state index contributed by atoms with van der Waals surface area (Å²) in [6, 6.07) is 2.17. The molecule has 3 N–H and O–H groups in total. The van der Waals surface area contributed by atoms with E-state index in [0.717, 1.165) is 13.0 Å². The Balaban J connectivity index is 2.32. The lowest BCUT2D eigenvalue weighted by Crippen LogP contribution is -2.46. The molecule has 0 saturated carbocycles. The Morgan fingerprint density at radius 2 is 2.21 bits per heavy atom. The zero-order valence-corrected chi connectivity index (χ0v) is 10.1. The van der Waals surface area contributed by atoms with Crippen LogP contribution < -0.4 is 11.1 Å². The van der Waals surface area contributed by atoms with E-state index in [1.807, 2.05) is 11.3 Å². The van der Waals surface area contributed by atoms with Crippen molar-refractivity contribution in [2.75, 3.05) is 13.1 Å². The summed E-state index contributed by atoms with van der Waals surface area (Å²) in [4.78, 5) is 1.48. The van der Waals surface area contributed by atoms with Crippen molar-refractivity contribution in [1.29, 1.82) is 0 Å². The number of thiophene rings is 1. The normalized spacial score (nSPS) is 12.0. The van der Waals surface area contributed by atoms with Crippen LogP contribution in [0.3, 0.4) is 0 Å². The van der Waals surface area contributed by atoms with Gasteiger partial charge in [0.2, 0.25) is 0 Å². The first kappa shape index (κ1) is 11.7.